The number of tetrazole rings is 1. The van der Waals surface area contributed by atoms with E-state index in [2.05, 4.69) is 20.8 Å². The Kier molecular flexibility index (Phi) is 4.34. The molecule has 9 nitrogen and oxygen atoms in total. The largest absolute Gasteiger partial charge is 0.459 e. The molecule has 1 N–H and O–H groups in total. The van der Waals surface area contributed by atoms with E-state index in [4.69, 9.17) is 4.42 Å². The van der Waals surface area contributed by atoms with E-state index in [0.717, 1.165) is 24.8 Å². The van der Waals surface area contributed by atoms with Crippen molar-refractivity contribution in [3.8, 4) is 11.4 Å². The van der Waals surface area contributed by atoms with Gasteiger partial charge < -0.3 is 14.6 Å². The van der Waals surface area contributed by atoms with Crippen LogP contribution in [-0.4, -0.2) is 49.5 Å². The number of amides is 2. The summed E-state index contributed by atoms with van der Waals surface area (Å²) in [6.45, 7) is 0.536. The van der Waals surface area contributed by atoms with Crippen molar-refractivity contribution < 1.29 is 14.0 Å². The quantitative estimate of drug-likeness (QED) is 0.715. The molecule has 29 heavy (non-hydrogen) atoms. The minimum absolute atomic E-state index is 0.207. The van der Waals surface area contributed by atoms with Crippen molar-refractivity contribution in [1.29, 1.82) is 0 Å². The second kappa shape index (κ2) is 7.16. The Bertz CT molecular complexity index is 1040. The van der Waals surface area contributed by atoms with Crippen LogP contribution in [-0.2, 0) is 4.79 Å². The third-order valence-corrected chi connectivity index (χ3v) is 5.32. The molecule has 1 aliphatic carbocycles. The normalized spacial score (nSPS) is 18.8. The number of carbonyl (C=O) groups excluding carboxylic acids is 2. The Morgan fingerprint density at radius 3 is 2.83 bits per heavy atom. The molecule has 1 aromatic carbocycles. The van der Waals surface area contributed by atoms with E-state index in [-0.39, 0.29) is 17.6 Å². The maximum absolute atomic E-state index is 12.9. The molecule has 3 heterocycles. The van der Waals surface area contributed by atoms with Gasteiger partial charge in [-0.05, 0) is 60.4 Å². The summed E-state index contributed by atoms with van der Waals surface area (Å²) in [4.78, 5) is 27.1. The number of carbonyl (C=O) groups is 2. The molecule has 2 aliphatic rings. The molecule has 2 fully saturated rings. The van der Waals surface area contributed by atoms with Gasteiger partial charge in [-0.15, -0.1) is 5.10 Å². The summed E-state index contributed by atoms with van der Waals surface area (Å²) in [7, 11) is 0. The molecule has 0 bridgehead atoms. The van der Waals surface area contributed by atoms with E-state index in [1.165, 1.54) is 6.26 Å². The van der Waals surface area contributed by atoms with Crippen LogP contribution < -0.4 is 5.32 Å². The fourth-order valence-corrected chi connectivity index (χ4v) is 3.73. The predicted octanol–water partition coefficient (Wildman–Crippen LogP) is 2.51. The monoisotopic (exact) mass is 392 g/mol. The van der Waals surface area contributed by atoms with Gasteiger partial charge in [0, 0.05) is 17.8 Å². The number of anilines is 1. The minimum atomic E-state index is -0.520. The maximum Gasteiger partial charge on any atom is 0.290 e. The van der Waals surface area contributed by atoms with Gasteiger partial charge in [0.15, 0.2) is 11.6 Å². The Hall–Kier alpha value is -3.49. The molecule has 1 saturated carbocycles. The van der Waals surface area contributed by atoms with E-state index in [1.807, 2.05) is 28.9 Å². The first-order chi connectivity index (χ1) is 14.2. The summed E-state index contributed by atoms with van der Waals surface area (Å²) in [5, 5.41) is 14.9. The average Bonchev–Trinajstić information content (AvgIpc) is 3.19. The van der Waals surface area contributed by atoms with Gasteiger partial charge in [-0.1, -0.05) is 12.1 Å². The van der Waals surface area contributed by atoms with E-state index in [1.54, 1.807) is 17.0 Å². The van der Waals surface area contributed by atoms with E-state index in [9.17, 15) is 9.59 Å². The summed E-state index contributed by atoms with van der Waals surface area (Å²) in [5.74, 6) is 0.476. The molecule has 9 heteroatoms. The van der Waals surface area contributed by atoms with E-state index in [0.29, 0.717) is 30.5 Å². The first-order valence-corrected chi connectivity index (χ1v) is 9.74. The van der Waals surface area contributed by atoms with Crippen LogP contribution in [0.5, 0.6) is 0 Å². The Morgan fingerprint density at radius 1 is 1.14 bits per heavy atom. The lowest BCUT2D eigenvalue weighted by molar-refractivity contribution is -0.119. The number of hydrogen-bond acceptors (Lipinski definition) is 6. The highest BCUT2D eigenvalue weighted by atomic mass is 16.3. The number of nitrogens with one attached hydrogen (secondary N) is 1. The van der Waals surface area contributed by atoms with Gasteiger partial charge in [-0.25, -0.2) is 4.68 Å². The van der Waals surface area contributed by atoms with Crippen LogP contribution >= 0.6 is 0 Å². The average molecular weight is 392 g/mol. The van der Waals surface area contributed by atoms with Crippen LogP contribution in [0, 0.1) is 0 Å². The Morgan fingerprint density at radius 2 is 2.03 bits per heavy atom. The van der Waals surface area contributed by atoms with E-state index >= 15 is 0 Å². The van der Waals surface area contributed by atoms with Gasteiger partial charge in [-0.3, -0.25) is 9.59 Å². The van der Waals surface area contributed by atoms with Crippen molar-refractivity contribution in [3.05, 3.63) is 48.4 Å². The number of nitrogens with zero attached hydrogens (tertiary/aromatic N) is 5. The number of furan rings is 1. The summed E-state index contributed by atoms with van der Waals surface area (Å²) in [6, 6.07) is 10.6. The molecule has 2 aromatic heterocycles. The topological polar surface area (TPSA) is 106 Å². The van der Waals surface area contributed by atoms with Gasteiger partial charge in [-0.2, -0.15) is 0 Å². The second-order valence-corrected chi connectivity index (χ2v) is 7.38. The highest BCUT2D eigenvalue weighted by molar-refractivity contribution is 6.00. The fourth-order valence-electron chi connectivity index (χ4n) is 3.73. The Labute approximate surface area is 166 Å². The van der Waals surface area contributed by atoms with Crippen LogP contribution in [0.4, 0.5) is 5.69 Å². The number of rotatable bonds is 5. The first-order valence-electron chi connectivity index (χ1n) is 9.74. The molecule has 148 valence electrons. The molecule has 1 saturated heterocycles. The van der Waals surface area contributed by atoms with Crippen molar-refractivity contribution in [3.63, 3.8) is 0 Å². The van der Waals surface area contributed by atoms with Crippen molar-refractivity contribution >= 4 is 17.5 Å². The lowest BCUT2D eigenvalue weighted by Crippen LogP contribution is -2.43. The van der Waals surface area contributed by atoms with Crippen molar-refractivity contribution in [2.24, 2.45) is 0 Å². The van der Waals surface area contributed by atoms with Crippen LogP contribution in [0.1, 0.15) is 42.3 Å². The summed E-state index contributed by atoms with van der Waals surface area (Å²) < 4.78 is 7.04. The van der Waals surface area contributed by atoms with Gasteiger partial charge in [0.05, 0.1) is 12.3 Å². The molecule has 5 rings (SSSR count). The third kappa shape index (κ3) is 3.39. The minimum Gasteiger partial charge on any atom is -0.459 e. The standard InChI is InChI=1S/C20H20N6O3/c27-19(16-6-2-10-25(16)20(28)17-7-3-11-29-17)21-14-5-1-4-13(12-14)18-22-23-24-26(18)15-8-9-15/h1,3-5,7,11-12,15-16H,2,6,8-10H2,(H,21,27)/t16-/m0/s1. The van der Waals surface area contributed by atoms with Gasteiger partial charge in [0.1, 0.15) is 6.04 Å². The van der Waals surface area contributed by atoms with Crippen LogP contribution in [0.2, 0.25) is 0 Å². The third-order valence-electron chi connectivity index (χ3n) is 5.32. The van der Waals surface area contributed by atoms with Crippen LogP contribution in [0.25, 0.3) is 11.4 Å². The number of hydrogen-bond donors (Lipinski definition) is 1. The molecule has 0 spiro atoms. The SMILES string of the molecule is O=C(Nc1cccc(-c2nnnn2C2CC2)c1)[C@@H]1CCCN1C(=O)c1ccco1. The summed E-state index contributed by atoms with van der Waals surface area (Å²) in [6.07, 6.45) is 5.02. The predicted molar refractivity (Wildman–Crippen MR) is 103 cm³/mol. The molecule has 0 unspecified atom stereocenters. The molecule has 1 aliphatic heterocycles. The van der Waals surface area contributed by atoms with Crippen LogP contribution in [0.3, 0.4) is 0 Å². The van der Waals surface area contributed by atoms with Gasteiger partial charge in [0.2, 0.25) is 5.91 Å². The van der Waals surface area contributed by atoms with Crippen molar-refractivity contribution in [2.75, 3.05) is 11.9 Å². The molecule has 0 radical (unpaired) electrons. The summed E-state index contributed by atoms with van der Waals surface area (Å²) >= 11 is 0. The lowest BCUT2D eigenvalue weighted by atomic mass is 10.1. The summed E-state index contributed by atoms with van der Waals surface area (Å²) in [5.41, 5.74) is 1.49. The second-order valence-electron chi connectivity index (χ2n) is 7.38. The first kappa shape index (κ1) is 17.6. The molecule has 1 atom stereocenters. The number of benzene rings is 1. The zero-order valence-corrected chi connectivity index (χ0v) is 15.7. The highest BCUT2D eigenvalue weighted by Gasteiger charge is 2.35. The van der Waals surface area contributed by atoms with Crippen LogP contribution in [0.15, 0.2) is 47.1 Å². The van der Waals surface area contributed by atoms with Gasteiger partial charge >= 0.3 is 0 Å². The number of aromatic nitrogens is 4. The van der Waals surface area contributed by atoms with Crippen molar-refractivity contribution in [2.45, 2.75) is 37.8 Å². The smallest absolute Gasteiger partial charge is 0.290 e. The fraction of sp³-hybridized carbons (Fsp3) is 0.350. The highest BCUT2D eigenvalue weighted by Crippen LogP contribution is 2.36. The maximum atomic E-state index is 12.9. The van der Waals surface area contributed by atoms with Gasteiger partial charge in [0.25, 0.3) is 5.91 Å². The molecule has 3 aromatic rings. The lowest BCUT2D eigenvalue weighted by Gasteiger charge is -2.23. The molecular weight excluding hydrogens is 372 g/mol. The molecule has 2 amide bonds. The Balaban J connectivity index is 1.33. The van der Waals surface area contributed by atoms with E-state index < -0.39 is 6.04 Å². The molecular formula is C20H20N6O3. The zero-order chi connectivity index (χ0) is 19.8. The zero-order valence-electron chi connectivity index (χ0n) is 15.7. The van der Waals surface area contributed by atoms with Crippen molar-refractivity contribution in [1.82, 2.24) is 25.1 Å². The number of likely N-dealkylation sites (tertiary alicyclic amines) is 1.